The Morgan fingerprint density at radius 3 is 2.44 bits per heavy atom. The number of hydrogen-bond acceptors (Lipinski definition) is 0. The molecule has 0 saturated carbocycles. The Labute approximate surface area is 102 Å². The molecule has 0 heterocycles. The fourth-order valence-corrected chi connectivity index (χ4v) is 2.21. The monoisotopic (exact) mass is 234 g/mol. The van der Waals surface area contributed by atoms with Crippen LogP contribution in [-0.2, 0) is 11.6 Å². The van der Waals surface area contributed by atoms with Crippen LogP contribution in [0.25, 0.3) is 0 Å². The molecule has 16 heavy (non-hydrogen) atoms. The van der Waals surface area contributed by atoms with E-state index in [-0.39, 0.29) is 5.16 Å². The quantitative estimate of drug-likeness (QED) is 0.525. The van der Waals surface area contributed by atoms with Gasteiger partial charge in [-0.25, -0.2) is 0 Å². The maximum atomic E-state index is 3.85. The van der Waals surface area contributed by atoms with Crippen LogP contribution in [0.15, 0.2) is 30.9 Å². The van der Waals surface area contributed by atoms with Crippen LogP contribution in [0, 0.1) is 0 Å². The topological polar surface area (TPSA) is 0 Å². The summed E-state index contributed by atoms with van der Waals surface area (Å²) in [6.07, 6.45) is 2.94. The molecule has 1 aromatic rings. The van der Waals surface area contributed by atoms with Crippen molar-refractivity contribution >= 4 is 9.24 Å². The van der Waals surface area contributed by atoms with Gasteiger partial charge >= 0.3 is 0 Å². The molecule has 1 aromatic carbocycles. The van der Waals surface area contributed by atoms with Gasteiger partial charge in [0.05, 0.1) is 0 Å². The second-order valence-corrected chi connectivity index (χ2v) is 6.73. The third-order valence-corrected chi connectivity index (χ3v) is 3.17. The Balaban J connectivity index is 3.24. The maximum absolute atomic E-state index is 3.85. The smallest absolute Gasteiger partial charge is 0.00441 e. The van der Waals surface area contributed by atoms with E-state index in [2.05, 4.69) is 61.7 Å². The van der Waals surface area contributed by atoms with Crippen LogP contribution in [0.4, 0.5) is 0 Å². The van der Waals surface area contributed by atoms with Crippen LogP contribution >= 0.6 is 9.24 Å². The predicted molar refractivity (Wildman–Crippen MR) is 77.2 cm³/mol. The lowest BCUT2D eigenvalue weighted by atomic mass is 9.90. The highest BCUT2D eigenvalue weighted by Crippen LogP contribution is 2.34. The minimum atomic E-state index is 0.133. The van der Waals surface area contributed by atoms with Gasteiger partial charge in [-0.2, -0.15) is 0 Å². The molecule has 0 spiro atoms. The molecule has 0 aromatic heterocycles. The summed E-state index contributed by atoms with van der Waals surface area (Å²) in [4.78, 5) is 0. The van der Waals surface area contributed by atoms with Gasteiger partial charge in [-0.05, 0) is 29.0 Å². The molecule has 0 radical (unpaired) electrons. The van der Waals surface area contributed by atoms with Crippen molar-refractivity contribution in [3.05, 3.63) is 47.5 Å². The van der Waals surface area contributed by atoms with Gasteiger partial charge in [-0.15, -0.1) is 15.8 Å². The second kappa shape index (κ2) is 5.15. The third kappa shape index (κ3) is 3.19. The van der Waals surface area contributed by atoms with Gasteiger partial charge < -0.3 is 0 Å². The molecule has 0 aliphatic heterocycles. The van der Waals surface area contributed by atoms with Crippen molar-refractivity contribution < 1.29 is 0 Å². The molecule has 1 atom stereocenters. The minimum absolute atomic E-state index is 0.133. The van der Waals surface area contributed by atoms with Crippen LogP contribution in [0.1, 0.15) is 50.3 Å². The summed E-state index contributed by atoms with van der Waals surface area (Å²) >= 11 is 0. The molecule has 0 aliphatic rings. The fourth-order valence-electron chi connectivity index (χ4n) is 1.93. The Morgan fingerprint density at radius 2 is 2.00 bits per heavy atom. The van der Waals surface area contributed by atoms with E-state index in [1.807, 2.05) is 6.08 Å². The first-order valence-electron chi connectivity index (χ1n) is 5.89. The largest absolute Gasteiger partial charge is 0.127 e. The zero-order chi connectivity index (χ0) is 12.3. The standard InChI is InChI=1S/C15H23P/c1-6-7-13-10-12(11(2)3)8-9-14(13)15(4,5)16/h6,8-11H,1,7,16H2,2-5H3. The lowest BCUT2D eigenvalue weighted by Gasteiger charge is -2.23. The van der Waals surface area contributed by atoms with Crippen molar-refractivity contribution in [2.75, 3.05) is 0 Å². The zero-order valence-electron chi connectivity index (χ0n) is 10.9. The van der Waals surface area contributed by atoms with E-state index in [1.165, 1.54) is 16.7 Å². The van der Waals surface area contributed by atoms with Crippen molar-refractivity contribution in [3.63, 3.8) is 0 Å². The first-order valence-corrected chi connectivity index (χ1v) is 6.47. The van der Waals surface area contributed by atoms with Crippen molar-refractivity contribution in [2.45, 2.75) is 45.2 Å². The molecule has 1 heteroatoms. The van der Waals surface area contributed by atoms with Gasteiger partial charge in [0, 0.05) is 5.16 Å². The summed E-state index contributed by atoms with van der Waals surface area (Å²) in [5.74, 6) is 0.588. The van der Waals surface area contributed by atoms with Gasteiger partial charge in [0.2, 0.25) is 0 Å². The van der Waals surface area contributed by atoms with Gasteiger partial charge in [-0.3, -0.25) is 0 Å². The van der Waals surface area contributed by atoms with Gasteiger partial charge in [0.1, 0.15) is 0 Å². The van der Waals surface area contributed by atoms with E-state index in [0.717, 1.165) is 6.42 Å². The number of benzene rings is 1. The Bertz CT molecular complexity index is 370. The SMILES string of the molecule is C=CCc1cc(C(C)C)ccc1C(C)(C)P. The normalized spacial score (nSPS) is 11.9. The Morgan fingerprint density at radius 1 is 1.38 bits per heavy atom. The highest BCUT2D eigenvalue weighted by atomic mass is 31.0. The van der Waals surface area contributed by atoms with Crippen LogP contribution in [0.3, 0.4) is 0 Å². The van der Waals surface area contributed by atoms with E-state index >= 15 is 0 Å². The summed E-state index contributed by atoms with van der Waals surface area (Å²) in [7, 11) is 2.92. The lowest BCUT2D eigenvalue weighted by Crippen LogP contribution is -2.10. The van der Waals surface area contributed by atoms with E-state index in [0.29, 0.717) is 5.92 Å². The molecule has 1 unspecified atom stereocenters. The number of allylic oxidation sites excluding steroid dienone is 1. The van der Waals surface area contributed by atoms with E-state index in [4.69, 9.17) is 0 Å². The van der Waals surface area contributed by atoms with Crippen molar-refractivity contribution in [3.8, 4) is 0 Å². The van der Waals surface area contributed by atoms with Gasteiger partial charge in [-0.1, -0.05) is 52.0 Å². The van der Waals surface area contributed by atoms with Crippen LogP contribution in [0.5, 0.6) is 0 Å². The highest BCUT2D eigenvalue weighted by Gasteiger charge is 2.18. The molecule has 0 amide bonds. The summed E-state index contributed by atoms with van der Waals surface area (Å²) in [5, 5.41) is 0.133. The molecular weight excluding hydrogens is 211 g/mol. The molecule has 88 valence electrons. The summed E-state index contributed by atoms with van der Waals surface area (Å²) < 4.78 is 0. The number of rotatable bonds is 4. The summed E-state index contributed by atoms with van der Waals surface area (Å²) in [5.41, 5.74) is 4.22. The molecule has 1 rings (SSSR count). The van der Waals surface area contributed by atoms with Crippen LogP contribution < -0.4 is 0 Å². The van der Waals surface area contributed by atoms with Crippen molar-refractivity contribution in [1.82, 2.24) is 0 Å². The van der Waals surface area contributed by atoms with Gasteiger partial charge in [0.25, 0.3) is 0 Å². The zero-order valence-corrected chi connectivity index (χ0v) is 12.0. The van der Waals surface area contributed by atoms with Gasteiger partial charge in [0.15, 0.2) is 0 Å². The van der Waals surface area contributed by atoms with E-state index < -0.39 is 0 Å². The van der Waals surface area contributed by atoms with E-state index in [1.54, 1.807) is 0 Å². The van der Waals surface area contributed by atoms with Crippen molar-refractivity contribution in [2.24, 2.45) is 0 Å². The predicted octanol–water partition coefficient (Wildman–Crippen LogP) is 4.65. The Kier molecular flexibility index (Phi) is 4.33. The molecule has 0 saturated heterocycles. The Hall–Kier alpha value is -0.610. The fraction of sp³-hybridized carbons (Fsp3) is 0.467. The van der Waals surface area contributed by atoms with Crippen LogP contribution in [0.2, 0.25) is 0 Å². The minimum Gasteiger partial charge on any atom is -0.127 e. The molecule has 0 bridgehead atoms. The van der Waals surface area contributed by atoms with Crippen LogP contribution in [-0.4, -0.2) is 0 Å². The average Bonchev–Trinajstić information content (AvgIpc) is 2.16. The molecule has 0 aliphatic carbocycles. The second-order valence-electron chi connectivity index (χ2n) is 5.29. The molecule has 0 nitrogen and oxygen atoms in total. The lowest BCUT2D eigenvalue weighted by molar-refractivity contribution is 0.766. The molecule has 0 fully saturated rings. The highest BCUT2D eigenvalue weighted by molar-refractivity contribution is 7.18. The molecular formula is C15H23P. The summed E-state index contributed by atoms with van der Waals surface area (Å²) in [6, 6.07) is 6.84. The first kappa shape index (κ1) is 13.5. The summed E-state index contributed by atoms with van der Waals surface area (Å²) in [6.45, 7) is 12.8. The molecule has 0 N–H and O–H groups in total. The maximum Gasteiger partial charge on any atom is 0.00441 e. The van der Waals surface area contributed by atoms with Crippen molar-refractivity contribution in [1.29, 1.82) is 0 Å². The first-order chi connectivity index (χ1) is 7.36. The third-order valence-electron chi connectivity index (χ3n) is 2.85. The number of hydrogen-bond donors (Lipinski definition) is 0. The van der Waals surface area contributed by atoms with E-state index in [9.17, 15) is 0 Å². The average molecular weight is 234 g/mol.